The van der Waals surface area contributed by atoms with Gasteiger partial charge in [0.05, 0.1) is 12.3 Å². The minimum atomic E-state index is 0.190. The molecule has 0 radical (unpaired) electrons. The van der Waals surface area contributed by atoms with Crippen molar-refractivity contribution < 1.29 is 5.11 Å². The maximum absolute atomic E-state index is 9.21. The molecule has 0 aliphatic carbocycles. The minimum Gasteiger partial charge on any atom is -0.394 e. The Labute approximate surface area is 115 Å². The second kappa shape index (κ2) is 6.02. The standard InChI is InChI=1S/C16H22N2O/c1-4-11(2)16(17-3)13-6-8-15-12(9-13)5-7-14(10-19)18-15/h4,6,8-9,14,18-19H,5,7,10H2,1-3H3. The molecular weight excluding hydrogens is 236 g/mol. The molecule has 2 rings (SSSR count). The van der Waals surface area contributed by atoms with Crippen LogP contribution < -0.4 is 5.32 Å². The number of rotatable bonds is 3. The van der Waals surface area contributed by atoms with E-state index in [9.17, 15) is 5.11 Å². The van der Waals surface area contributed by atoms with Crippen LogP contribution in [0.25, 0.3) is 0 Å². The average Bonchev–Trinajstić information content (AvgIpc) is 2.47. The number of aliphatic hydroxyl groups excluding tert-OH is 1. The molecule has 0 bridgehead atoms. The number of fused-ring (bicyclic) bond motifs is 1. The molecule has 0 aromatic heterocycles. The highest BCUT2D eigenvalue weighted by Crippen LogP contribution is 2.26. The van der Waals surface area contributed by atoms with Crippen molar-refractivity contribution in [3.05, 3.63) is 41.0 Å². The van der Waals surface area contributed by atoms with Gasteiger partial charge in [-0.2, -0.15) is 0 Å². The van der Waals surface area contributed by atoms with Crippen LogP contribution in [0.1, 0.15) is 31.4 Å². The number of aliphatic hydroxyl groups is 1. The normalized spacial score (nSPS) is 19.9. The number of nitrogens with one attached hydrogen (secondary N) is 1. The van der Waals surface area contributed by atoms with Crippen LogP contribution >= 0.6 is 0 Å². The lowest BCUT2D eigenvalue weighted by Crippen LogP contribution is -2.28. The van der Waals surface area contributed by atoms with Crippen molar-refractivity contribution in [2.75, 3.05) is 19.0 Å². The van der Waals surface area contributed by atoms with Gasteiger partial charge in [-0.05, 0) is 50.0 Å². The van der Waals surface area contributed by atoms with Crippen LogP contribution in [0.3, 0.4) is 0 Å². The molecule has 0 amide bonds. The first kappa shape index (κ1) is 13.8. The van der Waals surface area contributed by atoms with Crippen molar-refractivity contribution in [2.45, 2.75) is 32.7 Å². The molecule has 0 fully saturated rings. The summed E-state index contributed by atoms with van der Waals surface area (Å²) < 4.78 is 0. The summed E-state index contributed by atoms with van der Waals surface area (Å²) in [4.78, 5) is 4.40. The Hall–Kier alpha value is -1.61. The van der Waals surface area contributed by atoms with E-state index in [-0.39, 0.29) is 12.6 Å². The third-order valence-electron chi connectivity index (χ3n) is 3.75. The monoisotopic (exact) mass is 258 g/mol. The van der Waals surface area contributed by atoms with E-state index < -0.39 is 0 Å². The second-order valence-corrected chi connectivity index (χ2v) is 4.98. The van der Waals surface area contributed by atoms with Crippen LogP contribution in [-0.2, 0) is 6.42 Å². The number of hydrogen-bond donors (Lipinski definition) is 2. The summed E-state index contributed by atoms with van der Waals surface area (Å²) in [5.41, 5.74) is 5.87. The molecule has 3 heteroatoms. The van der Waals surface area contributed by atoms with E-state index in [1.54, 1.807) is 0 Å². The molecule has 0 saturated heterocycles. The summed E-state index contributed by atoms with van der Waals surface area (Å²) in [5, 5.41) is 12.6. The van der Waals surface area contributed by atoms with Gasteiger partial charge in [0, 0.05) is 24.3 Å². The van der Waals surface area contributed by atoms with E-state index in [0.717, 1.165) is 24.2 Å². The Kier molecular flexibility index (Phi) is 4.38. The van der Waals surface area contributed by atoms with Crippen LogP contribution in [0.5, 0.6) is 0 Å². The van der Waals surface area contributed by atoms with Crippen molar-refractivity contribution in [3.8, 4) is 0 Å². The third-order valence-corrected chi connectivity index (χ3v) is 3.75. The highest BCUT2D eigenvalue weighted by atomic mass is 16.3. The number of benzene rings is 1. The molecule has 1 aromatic carbocycles. The first-order valence-electron chi connectivity index (χ1n) is 6.80. The molecule has 0 saturated carbocycles. The number of aliphatic imine (C=N–C) groups is 1. The lowest BCUT2D eigenvalue weighted by Gasteiger charge is -2.26. The van der Waals surface area contributed by atoms with E-state index in [0.29, 0.717) is 0 Å². The van der Waals surface area contributed by atoms with Crippen LogP contribution in [0.15, 0.2) is 34.8 Å². The van der Waals surface area contributed by atoms with E-state index in [1.165, 1.54) is 16.7 Å². The van der Waals surface area contributed by atoms with E-state index >= 15 is 0 Å². The molecule has 1 unspecified atom stereocenters. The molecule has 1 aromatic rings. The lowest BCUT2D eigenvalue weighted by molar-refractivity contribution is 0.267. The van der Waals surface area contributed by atoms with E-state index in [4.69, 9.17) is 0 Å². The van der Waals surface area contributed by atoms with Gasteiger partial charge in [-0.25, -0.2) is 0 Å². The fourth-order valence-electron chi connectivity index (χ4n) is 2.52. The van der Waals surface area contributed by atoms with Gasteiger partial charge in [0.15, 0.2) is 0 Å². The fraction of sp³-hybridized carbons (Fsp3) is 0.438. The molecule has 1 atom stereocenters. The molecule has 3 nitrogen and oxygen atoms in total. The molecular formula is C16H22N2O. The van der Waals surface area contributed by atoms with Gasteiger partial charge in [-0.1, -0.05) is 12.1 Å². The summed E-state index contributed by atoms with van der Waals surface area (Å²) in [6.07, 6.45) is 4.07. The molecule has 1 aliphatic rings. The maximum Gasteiger partial charge on any atom is 0.0669 e. The molecule has 1 aliphatic heterocycles. The van der Waals surface area contributed by atoms with E-state index in [1.807, 2.05) is 14.0 Å². The minimum absolute atomic E-state index is 0.190. The quantitative estimate of drug-likeness (QED) is 0.819. The Morgan fingerprint density at radius 1 is 1.53 bits per heavy atom. The van der Waals surface area contributed by atoms with Gasteiger partial charge >= 0.3 is 0 Å². The van der Waals surface area contributed by atoms with Gasteiger partial charge in [0.2, 0.25) is 0 Å². The molecule has 19 heavy (non-hydrogen) atoms. The van der Waals surface area contributed by atoms with Gasteiger partial charge in [0.1, 0.15) is 0 Å². The van der Waals surface area contributed by atoms with Crippen molar-refractivity contribution >= 4 is 11.4 Å². The Morgan fingerprint density at radius 3 is 2.95 bits per heavy atom. The zero-order chi connectivity index (χ0) is 13.8. The maximum atomic E-state index is 9.21. The summed E-state index contributed by atoms with van der Waals surface area (Å²) in [6.45, 7) is 4.31. The Bertz CT molecular complexity index is 517. The number of aryl methyl sites for hydroxylation is 1. The molecule has 0 spiro atoms. The largest absolute Gasteiger partial charge is 0.394 e. The molecule has 1 heterocycles. The summed E-state index contributed by atoms with van der Waals surface area (Å²) in [5.74, 6) is 0. The topological polar surface area (TPSA) is 44.6 Å². The van der Waals surface area contributed by atoms with Gasteiger partial charge in [0.25, 0.3) is 0 Å². The van der Waals surface area contributed by atoms with Gasteiger partial charge in [-0.3, -0.25) is 4.99 Å². The SMILES string of the molecule is CC=C(C)C(=NC)c1ccc2c(c1)CCC(CO)N2. The van der Waals surface area contributed by atoms with Gasteiger partial charge in [-0.15, -0.1) is 0 Å². The zero-order valence-corrected chi connectivity index (χ0v) is 11.9. The van der Waals surface area contributed by atoms with Crippen molar-refractivity contribution in [1.82, 2.24) is 0 Å². The van der Waals surface area contributed by atoms with Crippen molar-refractivity contribution in [2.24, 2.45) is 4.99 Å². The predicted octanol–water partition coefficient (Wildman–Crippen LogP) is 2.79. The number of nitrogens with zero attached hydrogens (tertiary/aromatic N) is 1. The molecule has 2 N–H and O–H groups in total. The highest BCUT2D eigenvalue weighted by molar-refractivity contribution is 6.12. The number of allylic oxidation sites excluding steroid dienone is 2. The first-order valence-corrected chi connectivity index (χ1v) is 6.80. The summed E-state index contributed by atoms with van der Waals surface area (Å²) in [6, 6.07) is 6.60. The van der Waals surface area contributed by atoms with Gasteiger partial charge < -0.3 is 10.4 Å². The van der Waals surface area contributed by atoms with Crippen LogP contribution in [0.2, 0.25) is 0 Å². The van der Waals surface area contributed by atoms with Crippen molar-refractivity contribution in [1.29, 1.82) is 0 Å². The Morgan fingerprint density at radius 2 is 2.32 bits per heavy atom. The smallest absolute Gasteiger partial charge is 0.0669 e. The number of hydrogen-bond acceptors (Lipinski definition) is 3. The third kappa shape index (κ3) is 2.87. The second-order valence-electron chi connectivity index (χ2n) is 4.98. The predicted molar refractivity (Wildman–Crippen MR) is 81.2 cm³/mol. The van der Waals surface area contributed by atoms with Crippen LogP contribution in [0.4, 0.5) is 5.69 Å². The zero-order valence-electron chi connectivity index (χ0n) is 11.9. The molecule has 102 valence electrons. The van der Waals surface area contributed by atoms with Crippen LogP contribution in [-0.4, -0.2) is 30.5 Å². The Balaban J connectivity index is 2.32. The lowest BCUT2D eigenvalue weighted by atomic mass is 9.94. The summed E-state index contributed by atoms with van der Waals surface area (Å²) in [7, 11) is 1.84. The number of anilines is 1. The highest BCUT2D eigenvalue weighted by Gasteiger charge is 2.17. The average molecular weight is 258 g/mol. The first-order chi connectivity index (χ1) is 9.19. The van der Waals surface area contributed by atoms with Crippen LogP contribution in [0, 0.1) is 0 Å². The summed E-state index contributed by atoms with van der Waals surface area (Å²) >= 11 is 0. The van der Waals surface area contributed by atoms with Crippen molar-refractivity contribution in [3.63, 3.8) is 0 Å². The van der Waals surface area contributed by atoms with E-state index in [2.05, 4.69) is 41.5 Å². The fourth-order valence-corrected chi connectivity index (χ4v) is 2.52.